The van der Waals surface area contributed by atoms with E-state index in [1.54, 1.807) is 12.1 Å². The van der Waals surface area contributed by atoms with Crippen LogP contribution in [-0.2, 0) is 0 Å². The van der Waals surface area contributed by atoms with Crippen LogP contribution in [0.15, 0.2) is 24.3 Å². The van der Waals surface area contributed by atoms with E-state index >= 15 is 0 Å². The number of hydrogen-bond acceptors (Lipinski definition) is 3. The minimum Gasteiger partial charge on any atom is -0.314 e. The summed E-state index contributed by atoms with van der Waals surface area (Å²) >= 11 is 0. The van der Waals surface area contributed by atoms with E-state index in [0.29, 0.717) is 12.0 Å². The summed E-state index contributed by atoms with van der Waals surface area (Å²) in [6.45, 7) is 3.52. The lowest BCUT2D eigenvalue weighted by atomic mass is 10.0. The fourth-order valence-electron chi connectivity index (χ4n) is 2.26. The molecule has 3 nitrogen and oxygen atoms in total. The topological polar surface area (TPSA) is 39.1 Å². The molecule has 2 rings (SSSR count). The van der Waals surface area contributed by atoms with Crippen LogP contribution in [0.4, 0.5) is 4.39 Å². The Hall–Kier alpha value is -0.860. The SMILES string of the molecule is Cl.Cl.N#CC[C@@H](c1ccccc1F)N1CCNCC1. The number of nitrogens with zero attached hydrogens (tertiary/aromatic N) is 2. The standard InChI is InChI=1S/C13H16FN3.2ClH/c14-12-4-2-1-3-11(12)13(5-6-15)17-9-7-16-8-10-17;;/h1-4,13,16H,5,7-10H2;2*1H/t13-;;/m0../s1. The summed E-state index contributed by atoms with van der Waals surface area (Å²) in [5, 5.41) is 12.2. The monoisotopic (exact) mass is 305 g/mol. The first-order chi connectivity index (χ1) is 8.33. The highest BCUT2D eigenvalue weighted by Crippen LogP contribution is 2.26. The Bertz CT molecular complexity index is 417. The molecule has 0 bridgehead atoms. The van der Waals surface area contributed by atoms with Gasteiger partial charge in [-0.2, -0.15) is 5.26 Å². The molecule has 0 aliphatic carbocycles. The van der Waals surface area contributed by atoms with E-state index in [2.05, 4.69) is 16.3 Å². The van der Waals surface area contributed by atoms with Crippen LogP contribution in [0.25, 0.3) is 0 Å². The van der Waals surface area contributed by atoms with Crippen molar-refractivity contribution in [3.8, 4) is 6.07 Å². The van der Waals surface area contributed by atoms with Gasteiger partial charge in [0.25, 0.3) is 0 Å². The minimum atomic E-state index is -0.216. The van der Waals surface area contributed by atoms with Crippen LogP contribution in [0.3, 0.4) is 0 Å². The van der Waals surface area contributed by atoms with Gasteiger partial charge < -0.3 is 5.32 Å². The third kappa shape index (κ3) is 4.63. The predicted molar refractivity (Wildman–Crippen MR) is 78.3 cm³/mol. The number of halogens is 3. The molecule has 0 amide bonds. The lowest BCUT2D eigenvalue weighted by molar-refractivity contribution is 0.172. The molecular formula is C13H18Cl2FN3. The summed E-state index contributed by atoms with van der Waals surface area (Å²) < 4.78 is 13.8. The molecule has 0 radical (unpaired) electrons. The molecule has 1 N–H and O–H groups in total. The van der Waals surface area contributed by atoms with Crippen molar-refractivity contribution in [2.75, 3.05) is 26.2 Å². The molecule has 0 spiro atoms. The van der Waals surface area contributed by atoms with E-state index in [1.807, 2.05) is 6.07 Å². The maximum atomic E-state index is 13.8. The Balaban J connectivity index is 0.00000162. The highest BCUT2D eigenvalue weighted by atomic mass is 35.5. The van der Waals surface area contributed by atoms with Gasteiger partial charge in [0, 0.05) is 31.7 Å². The van der Waals surface area contributed by atoms with Crippen LogP contribution in [0.1, 0.15) is 18.0 Å². The number of nitriles is 1. The fraction of sp³-hybridized carbons (Fsp3) is 0.462. The van der Waals surface area contributed by atoms with Crippen molar-refractivity contribution < 1.29 is 4.39 Å². The van der Waals surface area contributed by atoms with Gasteiger partial charge in [-0.15, -0.1) is 24.8 Å². The summed E-state index contributed by atoms with van der Waals surface area (Å²) in [5.74, 6) is -0.216. The van der Waals surface area contributed by atoms with E-state index in [1.165, 1.54) is 6.07 Å². The molecular weight excluding hydrogens is 288 g/mol. The van der Waals surface area contributed by atoms with Gasteiger partial charge >= 0.3 is 0 Å². The van der Waals surface area contributed by atoms with Crippen molar-refractivity contribution in [2.24, 2.45) is 0 Å². The maximum Gasteiger partial charge on any atom is 0.128 e. The zero-order valence-electron chi connectivity index (χ0n) is 10.5. The van der Waals surface area contributed by atoms with Gasteiger partial charge in [0.15, 0.2) is 0 Å². The maximum absolute atomic E-state index is 13.8. The van der Waals surface area contributed by atoms with Crippen molar-refractivity contribution in [3.05, 3.63) is 35.6 Å². The second-order valence-electron chi connectivity index (χ2n) is 4.19. The van der Waals surface area contributed by atoms with E-state index in [9.17, 15) is 4.39 Å². The predicted octanol–water partition coefficient (Wildman–Crippen LogP) is 2.53. The van der Waals surface area contributed by atoms with Crippen molar-refractivity contribution in [3.63, 3.8) is 0 Å². The molecule has 1 fully saturated rings. The quantitative estimate of drug-likeness (QED) is 0.933. The van der Waals surface area contributed by atoms with Crippen LogP contribution in [0.2, 0.25) is 0 Å². The van der Waals surface area contributed by atoms with Crippen LogP contribution in [-0.4, -0.2) is 31.1 Å². The van der Waals surface area contributed by atoms with Crippen molar-refractivity contribution in [1.82, 2.24) is 10.2 Å². The Morgan fingerprint density at radius 3 is 2.47 bits per heavy atom. The second kappa shape index (κ2) is 9.11. The third-order valence-electron chi connectivity index (χ3n) is 3.14. The molecule has 1 aliphatic rings. The summed E-state index contributed by atoms with van der Waals surface area (Å²) in [6.07, 6.45) is 0.334. The van der Waals surface area contributed by atoms with E-state index < -0.39 is 0 Å². The first-order valence-electron chi connectivity index (χ1n) is 5.89. The van der Waals surface area contributed by atoms with Gasteiger partial charge in [-0.1, -0.05) is 18.2 Å². The molecule has 6 heteroatoms. The van der Waals surface area contributed by atoms with Gasteiger partial charge in [0.2, 0.25) is 0 Å². The largest absolute Gasteiger partial charge is 0.314 e. The highest BCUT2D eigenvalue weighted by Gasteiger charge is 2.23. The van der Waals surface area contributed by atoms with E-state index in [4.69, 9.17) is 5.26 Å². The molecule has 1 saturated heterocycles. The highest BCUT2D eigenvalue weighted by molar-refractivity contribution is 5.85. The summed E-state index contributed by atoms with van der Waals surface area (Å²) in [6, 6.07) is 8.78. The molecule has 1 aliphatic heterocycles. The van der Waals surface area contributed by atoms with Crippen LogP contribution in [0, 0.1) is 17.1 Å². The summed E-state index contributed by atoms with van der Waals surface area (Å²) in [4.78, 5) is 2.18. The Morgan fingerprint density at radius 1 is 1.26 bits per heavy atom. The van der Waals surface area contributed by atoms with Gasteiger partial charge in [-0.3, -0.25) is 4.90 Å². The lowest BCUT2D eigenvalue weighted by Gasteiger charge is -2.34. The Labute approximate surface area is 125 Å². The number of hydrogen-bond donors (Lipinski definition) is 1. The molecule has 0 unspecified atom stereocenters. The fourth-order valence-corrected chi connectivity index (χ4v) is 2.26. The summed E-state index contributed by atoms with van der Waals surface area (Å²) in [7, 11) is 0. The molecule has 1 heterocycles. The first-order valence-corrected chi connectivity index (χ1v) is 5.89. The van der Waals surface area contributed by atoms with E-state index in [-0.39, 0.29) is 36.7 Å². The molecule has 106 valence electrons. The molecule has 0 aromatic heterocycles. The van der Waals surface area contributed by atoms with E-state index in [0.717, 1.165) is 26.2 Å². The van der Waals surface area contributed by atoms with Gasteiger partial charge in [0.1, 0.15) is 5.82 Å². The van der Waals surface area contributed by atoms with Crippen LogP contribution < -0.4 is 5.32 Å². The molecule has 19 heavy (non-hydrogen) atoms. The first kappa shape index (κ1) is 18.1. The molecule has 1 aromatic carbocycles. The lowest BCUT2D eigenvalue weighted by Crippen LogP contribution is -2.45. The van der Waals surface area contributed by atoms with Crippen molar-refractivity contribution in [2.45, 2.75) is 12.5 Å². The Kier molecular flexibility index (Phi) is 8.70. The van der Waals surface area contributed by atoms with Crippen LogP contribution >= 0.6 is 24.8 Å². The zero-order chi connectivity index (χ0) is 12.1. The molecule has 1 atom stereocenters. The van der Waals surface area contributed by atoms with Gasteiger partial charge in [-0.05, 0) is 6.07 Å². The number of nitrogens with one attached hydrogen (secondary N) is 1. The number of piperazine rings is 1. The average Bonchev–Trinajstić information content (AvgIpc) is 2.38. The van der Waals surface area contributed by atoms with Gasteiger partial charge in [0.05, 0.1) is 18.5 Å². The summed E-state index contributed by atoms with van der Waals surface area (Å²) in [5.41, 5.74) is 0.635. The smallest absolute Gasteiger partial charge is 0.128 e. The second-order valence-corrected chi connectivity index (χ2v) is 4.19. The zero-order valence-corrected chi connectivity index (χ0v) is 12.1. The Morgan fingerprint density at radius 2 is 1.89 bits per heavy atom. The minimum absolute atomic E-state index is 0. The number of rotatable bonds is 3. The van der Waals surface area contributed by atoms with Crippen LogP contribution in [0.5, 0.6) is 0 Å². The van der Waals surface area contributed by atoms with Crippen molar-refractivity contribution >= 4 is 24.8 Å². The normalized spacial score (nSPS) is 16.6. The number of benzene rings is 1. The third-order valence-corrected chi connectivity index (χ3v) is 3.14. The molecule has 1 aromatic rings. The average molecular weight is 306 g/mol. The molecule has 0 saturated carbocycles. The van der Waals surface area contributed by atoms with Gasteiger partial charge in [-0.25, -0.2) is 4.39 Å². The van der Waals surface area contributed by atoms with Crippen molar-refractivity contribution in [1.29, 1.82) is 5.26 Å².